The summed E-state index contributed by atoms with van der Waals surface area (Å²) in [5.41, 5.74) is 0.938. The van der Waals surface area contributed by atoms with Crippen molar-refractivity contribution in [1.29, 1.82) is 0 Å². The predicted octanol–water partition coefficient (Wildman–Crippen LogP) is 6.17. The van der Waals surface area contributed by atoms with Crippen molar-refractivity contribution in [3.05, 3.63) is 125 Å². The number of Topliss-reactive ketones (excluding diaryl/α,β-unsaturated/α-hetero) is 3. The molecule has 0 unspecified atom stereocenters. The molecule has 3 aliphatic rings. The number of hydrogen-bond acceptors (Lipinski definition) is 7. The van der Waals surface area contributed by atoms with Gasteiger partial charge in [-0.2, -0.15) is 0 Å². The van der Waals surface area contributed by atoms with Gasteiger partial charge in [-0.3, -0.25) is 14.4 Å². The zero-order valence-electron chi connectivity index (χ0n) is 24.2. The number of methoxy groups -OCH3 is 3. The maximum atomic E-state index is 14.9. The van der Waals surface area contributed by atoms with Crippen molar-refractivity contribution in [2.75, 3.05) is 26.2 Å². The number of fused-ring (bicyclic) bond motifs is 5. The molecule has 7 nitrogen and oxygen atoms in total. The molecule has 4 aromatic rings. The second kappa shape index (κ2) is 10.2. The summed E-state index contributed by atoms with van der Waals surface area (Å²) in [5, 5.41) is 0. The van der Waals surface area contributed by atoms with Crippen LogP contribution in [0, 0.1) is 11.2 Å². The topological polar surface area (TPSA) is 82.1 Å². The van der Waals surface area contributed by atoms with E-state index in [2.05, 4.69) is 0 Å². The molecule has 0 bridgehead atoms. The Kier molecular flexibility index (Phi) is 6.39. The number of hydrogen-bond donors (Lipinski definition) is 0. The van der Waals surface area contributed by atoms with Gasteiger partial charge in [0.05, 0.1) is 27.4 Å². The number of ketones is 3. The Hall–Kier alpha value is -5.24. The van der Waals surface area contributed by atoms with Gasteiger partial charge in [0.25, 0.3) is 0 Å². The molecule has 0 radical (unpaired) electrons. The average Bonchev–Trinajstić information content (AvgIpc) is 3.49. The van der Waals surface area contributed by atoms with E-state index in [0.717, 1.165) is 0 Å². The van der Waals surface area contributed by atoms with Gasteiger partial charge in [0.15, 0.2) is 28.8 Å². The smallest absolute Gasteiger partial charge is 0.186 e. The van der Waals surface area contributed by atoms with Crippen molar-refractivity contribution < 1.29 is 33.0 Å². The summed E-state index contributed by atoms with van der Waals surface area (Å²) in [5.74, 6) is -1.08. The number of rotatable bonds is 6. The van der Waals surface area contributed by atoms with E-state index in [0.29, 0.717) is 50.8 Å². The molecule has 7 rings (SSSR count). The summed E-state index contributed by atoms with van der Waals surface area (Å²) < 4.78 is 31.0. The zero-order valence-corrected chi connectivity index (χ0v) is 24.2. The number of nitrogens with zero attached hydrogens (tertiary/aromatic N) is 1. The Morgan fingerprint density at radius 2 is 1.52 bits per heavy atom. The minimum Gasteiger partial charge on any atom is -0.497 e. The molecule has 4 aromatic carbocycles. The predicted molar refractivity (Wildman–Crippen MR) is 163 cm³/mol. The second-order valence-electron chi connectivity index (χ2n) is 11.1. The van der Waals surface area contributed by atoms with E-state index in [1.54, 1.807) is 84.9 Å². The first-order valence-corrected chi connectivity index (χ1v) is 14.2. The first-order chi connectivity index (χ1) is 21.3. The Balaban J connectivity index is 1.55. The monoisotopic (exact) mass is 589 g/mol. The van der Waals surface area contributed by atoms with E-state index in [9.17, 15) is 18.8 Å². The van der Waals surface area contributed by atoms with E-state index in [-0.39, 0.29) is 17.3 Å². The van der Waals surface area contributed by atoms with Crippen molar-refractivity contribution in [3.8, 4) is 17.2 Å². The van der Waals surface area contributed by atoms with Crippen LogP contribution in [-0.2, 0) is 0 Å². The van der Waals surface area contributed by atoms with Crippen LogP contribution in [0.5, 0.6) is 17.2 Å². The molecular weight excluding hydrogens is 561 g/mol. The highest BCUT2D eigenvalue weighted by Crippen LogP contribution is 2.61. The van der Waals surface area contributed by atoms with E-state index < -0.39 is 29.2 Å². The summed E-state index contributed by atoms with van der Waals surface area (Å²) in [7, 11) is 4.54. The highest BCUT2D eigenvalue weighted by atomic mass is 19.1. The molecule has 44 heavy (non-hydrogen) atoms. The molecule has 0 amide bonds. The van der Waals surface area contributed by atoms with E-state index >= 15 is 0 Å². The third kappa shape index (κ3) is 3.70. The SMILES string of the molecule is COc1cccc(C(=O)[C@@H]2[C@H](c3ccc(OC)c(OC)c3)C3(C(=O)c4ccccc4C3=O)[C@H]3C=Cc4cc(F)ccc4N23)c1. The standard InChI is InChI=1S/C36H28FNO6/c1-42-24-8-6-7-22(18-24)33(39)32-31(21-11-15-28(43-2)29(19-21)44-3)36(34(40)25-9-4-5-10-26(25)35(36)41)30-16-12-20-17-23(37)13-14-27(20)38(30)32/h4-19,30-32H,1-3H3/t30-,31+,32+/m1/s1. The van der Waals surface area contributed by atoms with Crippen LogP contribution in [0.2, 0.25) is 0 Å². The molecule has 0 N–H and O–H groups in total. The Morgan fingerprint density at radius 1 is 0.795 bits per heavy atom. The summed E-state index contributed by atoms with van der Waals surface area (Å²) in [4.78, 5) is 46.3. The number of carbonyl (C=O) groups is 3. The van der Waals surface area contributed by atoms with E-state index in [1.165, 1.54) is 33.5 Å². The van der Waals surface area contributed by atoms with Gasteiger partial charge in [0.2, 0.25) is 0 Å². The van der Waals surface area contributed by atoms with Crippen molar-refractivity contribution in [2.45, 2.75) is 18.0 Å². The van der Waals surface area contributed by atoms with Gasteiger partial charge >= 0.3 is 0 Å². The van der Waals surface area contributed by atoms with Crippen LogP contribution in [0.25, 0.3) is 6.08 Å². The van der Waals surface area contributed by atoms with Crippen molar-refractivity contribution >= 4 is 29.1 Å². The van der Waals surface area contributed by atoms with Gasteiger partial charge in [-0.25, -0.2) is 4.39 Å². The largest absolute Gasteiger partial charge is 0.497 e. The van der Waals surface area contributed by atoms with Crippen LogP contribution in [0.1, 0.15) is 48.1 Å². The molecule has 3 atom stereocenters. The summed E-state index contributed by atoms with van der Waals surface area (Å²) in [6.07, 6.45) is 3.49. The molecule has 1 spiro atoms. The first-order valence-electron chi connectivity index (χ1n) is 14.2. The lowest BCUT2D eigenvalue weighted by molar-refractivity contribution is 0.0665. The van der Waals surface area contributed by atoms with Crippen LogP contribution in [-0.4, -0.2) is 50.8 Å². The third-order valence-electron chi connectivity index (χ3n) is 9.16. The molecule has 220 valence electrons. The van der Waals surface area contributed by atoms with Gasteiger partial charge in [-0.1, -0.05) is 54.6 Å². The van der Waals surface area contributed by atoms with Crippen LogP contribution in [0.15, 0.2) is 91.0 Å². The summed E-state index contributed by atoms with van der Waals surface area (Å²) >= 11 is 0. The molecule has 2 aliphatic heterocycles. The summed E-state index contributed by atoms with van der Waals surface area (Å²) in [6.45, 7) is 0. The number of halogens is 1. The summed E-state index contributed by atoms with van der Waals surface area (Å²) in [6, 6.07) is 21.2. The Labute approximate surface area is 253 Å². The van der Waals surface area contributed by atoms with Gasteiger partial charge < -0.3 is 19.1 Å². The van der Waals surface area contributed by atoms with Crippen molar-refractivity contribution in [2.24, 2.45) is 5.41 Å². The molecule has 1 saturated heterocycles. The quantitative estimate of drug-likeness (QED) is 0.197. The lowest BCUT2D eigenvalue weighted by atomic mass is 9.64. The molecule has 0 aromatic heterocycles. The van der Waals surface area contributed by atoms with Crippen LogP contribution in [0.3, 0.4) is 0 Å². The van der Waals surface area contributed by atoms with Crippen LogP contribution >= 0.6 is 0 Å². The fourth-order valence-corrected chi connectivity index (χ4v) is 7.31. The molecule has 1 fully saturated rings. The van der Waals surface area contributed by atoms with Gasteiger partial charge in [0, 0.05) is 33.9 Å². The lowest BCUT2D eigenvalue weighted by Gasteiger charge is -2.37. The Morgan fingerprint density at radius 3 is 2.20 bits per heavy atom. The molecule has 2 heterocycles. The minimum absolute atomic E-state index is 0.312. The number of ether oxygens (including phenoxy) is 3. The Bertz CT molecular complexity index is 1860. The molecule has 0 saturated carbocycles. The van der Waals surface area contributed by atoms with E-state index in [4.69, 9.17) is 14.2 Å². The number of anilines is 1. The maximum absolute atomic E-state index is 14.9. The fraction of sp³-hybridized carbons (Fsp3) is 0.194. The van der Waals surface area contributed by atoms with Gasteiger partial charge in [-0.05, 0) is 48.0 Å². The van der Waals surface area contributed by atoms with Crippen molar-refractivity contribution in [3.63, 3.8) is 0 Å². The van der Waals surface area contributed by atoms with Gasteiger partial charge in [0.1, 0.15) is 23.0 Å². The van der Waals surface area contributed by atoms with Gasteiger partial charge in [-0.15, -0.1) is 0 Å². The lowest BCUT2D eigenvalue weighted by Crippen LogP contribution is -2.48. The van der Waals surface area contributed by atoms with E-state index in [1.807, 2.05) is 4.90 Å². The van der Waals surface area contributed by atoms with Crippen LogP contribution in [0.4, 0.5) is 10.1 Å². The van der Waals surface area contributed by atoms with Crippen molar-refractivity contribution in [1.82, 2.24) is 0 Å². The van der Waals surface area contributed by atoms with Crippen LogP contribution < -0.4 is 19.1 Å². The number of carbonyl (C=O) groups excluding carboxylic acids is 3. The third-order valence-corrected chi connectivity index (χ3v) is 9.16. The normalized spacial score (nSPS) is 20.7. The maximum Gasteiger partial charge on any atom is 0.186 e. The second-order valence-corrected chi connectivity index (χ2v) is 11.1. The highest BCUT2D eigenvalue weighted by Gasteiger charge is 2.71. The zero-order chi connectivity index (χ0) is 30.7. The fourth-order valence-electron chi connectivity index (χ4n) is 7.31. The molecular formula is C36H28FNO6. The average molecular weight is 590 g/mol. The molecule has 1 aliphatic carbocycles. The number of benzene rings is 4. The first kappa shape index (κ1) is 27.6. The highest BCUT2D eigenvalue weighted by molar-refractivity contribution is 6.32. The molecule has 8 heteroatoms. The minimum atomic E-state index is -1.70.